The molecule has 0 fully saturated rings. The van der Waals surface area contributed by atoms with Crippen LogP contribution in [0.4, 0.5) is 0 Å². The van der Waals surface area contributed by atoms with Crippen LogP contribution in [0.15, 0.2) is 227 Å². The van der Waals surface area contributed by atoms with Gasteiger partial charge in [-0.05, 0) is 83.9 Å². The van der Waals surface area contributed by atoms with E-state index in [-0.39, 0.29) is 0 Å². The lowest BCUT2D eigenvalue weighted by molar-refractivity contribution is 0.668. The normalized spacial score (nSPS) is 12.0. The highest BCUT2D eigenvalue weighted by Crippen LogP contribution is 2.47. The average Bonchev–Trinajstić information content (AvgIpc) is 4.19. The van der Waals surface area contributed by atoms with Crippen molar-refractivity contribution in [3.8, 4) is 62.1 Å². The zero-order valence-corrected chi connectivity index (χ0v) is 38.1. The first kappa shape index (κ1) is 38.9. The fourth-order valence-electron chi connectivity index (χ4n) is 10.7. The molecule has 0 aliphatic carbocycles. The van der Waals surface area contributed by atoms with E-state index in [0.717, 1.165) is 99.5 Å². The van der Waals surface area contributed by atoms with Gasteiger partial charge in [0.25, 0.3) is 0 Å². The molecule has 6 nitrogen and oxygen atoms in total. The van der Waals surface area contributed by atoms with Crippen molar-refractivity contribution in [3.05, 3.63) is 218 Å². The molecule has 0 saturated heterocycles. The van der Waals surface area contributed by atoms with Crippen LogP contribution in [0.1, 0.15) is 0 Å². The van der Waals surface area contributed by atoms with E-state index in [4.69, 9.17) is 23.8 Å². The standard InChI is InChI=1S/C63H36N4O2S/c1-3-15-37(16-4-1)48-33-41(34-49(38-17-5-2-6-18-38)60(48)67-50-23-11-7-21-46(50)58-51(67)31-32-57-59(58)47-22-10-14-26-56(47)70-57)63-65-61(39-27-29-44-42-19-8-12-24-52(42)68-54(44)35-39)64-62(66-63)40-28-30-45-43-20-9-13-25-53(43)69-55(45)36-40/h1-36H. The summed E-state index contributed by atoms with van der Waals surface area (Å²) in [7, 11) is 0. The monoisotopic (exact) mass is 912 g/mol. The summed E-state index contributed by atoms with van der Waals surface area (Å²) < 4.78 is 17.9. The lowest BCUT2D eigenvalue weighted by atomic mass is 9.92. The third-order valence-electron chi connectivity index (χ3n) is 13.8. The zero-order valence-electron chi connectivity index (χ0n) is 37.3. The molecule has 15 rings (SSSR count). The molecule has 0 saturated carbocycles. The lowest BCUT2D eigenvalue weighted by Gasteiger charge is -2.21. The summed E-state index contributed by atoms with van der Waals surface area (Å²) in [4.78, 5) is 16.0. The summed E-state index contributed by atoms with van der Waals surface area (Å²) in [6, 6.07) is 76.9. The smallest absolute Gasteiger partial charge is 0.164 e. The van der Waals surface area contributed by atoms with E-state index in [9.17, 15) is 0 Å². The Morgan fingerprint density at radius 1 is 0.314 bits per heavy atom. The maximum atomic E-state index is 6.42. The Bertz CT molecular complexity index is 4410. The minimum atomic E-state index is 0.535. The third kappa shape index (κ3) is 5.95. The molecule has 326 valence electrons. The van der Waals surface area contributed by atoms with Crippen LogP contribution < -0.4 is 0 Å². The van der Waals surface area contributed by atoms with Crippen LogP contribution in [0, 0.1) is 0 Å². The molecule has 0 atom stereocenters. The minimum absolute atomic E-state index is 0.535. The Hall–Kier alpha value is -9.17. The van der Waals surface area contributed by atoms with E-state index >= 15 is 0 Å². The number of thiophene rings is 1. The van der Waals surface area contributed by atoms with Crippen LogP contribution >= 0.6 is 11.3 Å². The number of hydrogen-bond donors (Lipinski definition) is 0. The first-order chi connectivity index (χ1) is 34.7. The fraction of sp³-hybridized carbons (Fsp3) is 0. The minimum Gasteiger partial charge on any atom is -0.456 e. The highest BCUT2D eigenvalue weighted by molar-refractivity contribution is 7.26. The molecule has 70 heavy (non-hydrogen) atoms. The van der Waals surface area contributed by atoms with E-state index in [1.165, 1.54) is 30.9 Å². The summed E-state index contributed by atoms with van der Waals surface area (Å²) in [5.41, 5.74) is 13.3. The van der Waals surface area contributed by atoms with Crippen molar-refractivity contribution in [2.45, 2.75) is 0 Å². The highest BCUT2D eigenvalue weighted by atomic mass is 32.1. The molecule has 10 aromatic carbocycles. The Morgan fingerprint density at radius 3 is 1.40 bits per heavy atom. The van der Waals surface area contributed by atoms with Crippen LogP contribution in [-0.4, -0.2) is 19.5 Å². The SMILES string of the molecule is c1ccc(-c2cc(-c3nc(-c4ccc5c(c4)oc4ccccc45)nc(-c4ccc5c(c4)oc4ccccc45)n3)cc(-c3ccccc3)c2-n2c3ccccc3c3c4c(ccc32)sc2ccccc24)cc1. The van der Waals surface area contributed by atoms with E-state index in [1.54, 1.807) is 0 Å². The number of furan rings is 2. The van der Waals surface area contributed by atoms with Gasteiger partial charge in [-0.25, -0.2) is 15.0 Å². The summed E-state index contributed by atoms with van der Waals surface area (Å²) in [5.74, 6) is 1.62. The molecule has 0 radical (unpaired) electrons. The van der Waals surface area contributed by atoms with Gasteiger partial charge in [-0.15, -0.1) is 11.3 Å². The van der Waals surface area contributed by atoms with Gasteiger partial charge in [-0.3, -0.25) is 0 Å². The number of fused-ring (bicyclic) bond motifs is 13. The number of para-hydroxylation sites is 3. The topological polar surface area (TPSA) is 69.9 Å². The molecule has 0 bridgehead atoms. The van der Waals surface area contributed by atoms with Crippen molar-refractivity contribution in [2.75, 3.05) is 0 Å². The largest absolute Gasteiger partial charge is 0.456 e. The van der Waals surface area contributed by atoms with E-state index in [1.807, 2.05) is 59.9 Å². The second kappa shape index (κ2) is 15.2. The molecule has 0 N–H and O–H groups in total. The third-order valence-corrected chi connectivity index (χ3v) is 15.0. The van der Waals surface area contributed by atoms with Gasteiger partial charge >= 0.3 is 0 Å². The molecule has 0 aliphatic heterocycles. The van der Waals surface area contributed by atoms with Gasteiger partial charge in [-0.1, -0.05) is 146 Å². The Kier molecular flexibility index (Phi) is 8.43. The number of benzene rings is 10. The lowest BCUT2D eigenvalue weighted by Crippen LogP contribution is -2.04. The number of aromatic nitrogens is 4. The van der Waals surface area contributed by atoms with Crippen LogP contribution in [0.25, 0.3) is 148 Å². The second-order valence-electron chi connectivity index (χ2n) is 17.9. The molecule has 0 aliphatic rings. The molecule has 7 heteroatoms. The van der Waals surface area contributed by atoms with Gasteiger partial charge in [0.1, 0.15) is 22.3 Å². The highest BCUT2D eigenvalue weighted by Gasteiger charge is 2.25. The predicted octanol–water partition coefficient (Wildman–Crippen LogP) is 17.5. The molecule has 5 heterocycles. The van der Waals surface area contributed by atoms with Crippen molar-refractivity contribution in [2.24, 2.45) is 0 Å². The van der Waals surface area contributed by atoms with Gasteiger partial charge < -0.3 is 13.4 Å². The summed E-state index contributed by atoms with van der Waals surface area (Å²) in [6.07, 6.45) is 0. The fourth-order valence-corrected chi connectivity index (χ4v) is 11.8. The molecular weight excluding hydrogens is 877 g/mol. The molecule has 5 aromatic heterocycles. The molecule has 15 aromatic rings. The molecular formula is C63H36N4O2S. The summed E-state index contributed by atoms with van der Waals surface area (Å²) in [5, 5.41) is 9.25. The quantitative estimate of drug-likeness (QED) is 0.166. The average molecular weight is 913 g/mol. The van der Waals surface area contributed by atoms with Crippen molar-refractivity contribution in [1.82, 2.24) is 19.5 Å². The molecule has 0 amide bonds. The Morgan fingerprint density at radius 2 is 0.800 bits per heavy atom. The maximum absolute atomic E-state index is 6.42. The zero-order chi connectivity index (χ0) is 45.9. The second-order valence-corrected chi connectivity index (χ2v) is 18.9. The first-order valence-electron chi connectivity index (χ1n) is 23.4. The van der Waals surface area contributed by atoms with Crippen molar-refractivity contribution >= 4 is 97.2 Å². The number of hydrogen-bond acceptors (Lipinski definition) is 6. The van der Waals surface area contributed by atoms with Gasteiger partial charge in [0.15, 0.2) is 17.5 Å². The van der Waals surface area contributed by atoms with Crippen molar-refractivity contribution < 1.29 is 8.83 Å². The van der Waals surface area contributed by atoms with Gasteiger partial charge in [0, 0.05) is 80.3 Å². The predicted molar refractivity (Wildman–Crippen MR) is 289 cm³/mol. The van der Waals surface area contributed by atoms with Gasteiger partial charge in [-0.2, -0.15) is 0 Å². The van der Waals surface area contributed by atoms with Crippen LogP contribution in [-0.2, 0) is 0 Å². The van der Waals surface area contributed by atoms with Gasteiger partial charge in [0.05, 0.1) is 16.7 Å². The van der Waals surface area contributed by atoms with Crippen molar-refractivity contribution in [3.63, 3.8) is 0 Å². The summed E-state index contributed by atoms with van der Waals surface area (Å²) in [6.45, 7) is 0. The maximum Gasteiger partial charge on any atom is 0.164 e. The van der Waals surface area contributed by atoms with E-state index in [0.29, 0.717) is 17.5 Å². The number of rotatable bonds is 6. The van der Waals surface area contributed by atoms with E-state index < -0.39 is 0 Å². The summed E-state index contributed by atoms with van der Waals surface area (Å²) >= 11 is 1.85. The molecule has 0 spiro atoms. The van der Waals surface area contributed by atoms with Gasteiger partial charge in [0.2, 0.25) is 0 Å². The van der Waals surface area contributed by atoms with Crippen LogP contribution in [0.2, 0.25) is 0 Å². The Balaban J connectivity index is 1.02. The number of nitrogens with zero attached hydrogens (tertiary/aromatic N) is 4. The molecule has 0 unspecified atom stereocenters. The van der Waals surface area contributed by atoms with Crippen LogP contribution in [0.5, 0.6) is 0 Å². The van der Waals surface area contributed by atoms with Crippen LogP contribution in [0.3, 0.4) is 0 Å². The van der Waals surface area contributed by atoms with Crippen molar-refractivity contribution in [1.29, 1.82) is 0 Å². The Labute approximate surface area is 404 Å². The van der Waals surface area contributed by atoms with E-state index in [2.05, 4.69) is 174 Å². The first-order valence-corrected chi connectivity index (χ1v) is 24.2.